The van der Waals surface area contributed by atoms with E-state index in [1.165, 1.54) is 29.2 Å². The summed E-state index contributed by atoms with van der Waals surface area (Å²) in [7, 11) is 0. The molecule has 0 bridgehead atoms. The second-order valence-corrected chi connectivity index (χ2v) is 7.73. The first-order chi connectivity index (χ1) is 15.9. The largest absolute Gasteiger partial charge is 0.386 e. The van der Waals surface area contributed by atoms with Gasteiger partial charge in [-0.2, -0.15) is 0 Å². The average Bonchev–Trinajstić information content (AvgIpc) is 2.82. The molecule has 1 aliphatic rings. The molecular formula is C25H22F2N2O4. The molecule has 170 valence electrons. The van der Waals surface area contributed by atoms with Crippen molar-refractivity contribution in [3.05, 3.63) is 101 Å². The zero-order valence-electron chi connectivity index (χ0n) is 17.6. The number of carbonyl (C=O) groups excluding carboxylic acids is 2. The average molecular weight is 452 g/mol. The minimum atomic E-state index is -1.09. The van der Waals surface area contributed by atoms with Crippen LogP contribution in [0.3, 0.4) is 0 Å². The Morgan fingerprint density at radius 1 is 1.09 bits per heavy atom. The van der Waals surface area contributed by atoms with Gasteiger partial charge in [-0.3, -0.25) is 9.59 Å². The van der Waals surface area contributed by atoms with Gasteiger partial charge in [0.15, 0.2) is 0 Å². The number of carbonyl (C=O) groups is 2. The molecule has 3 aromatic carbocycles. The summed E-state index contributed by atoms with van der Waals surface area (Å²) >= 11 is 0. The van der Waals surface area contributed by atoms with Crippen LogP contribution >= 0.6 is 0 Å². The molecule has 1 heterocycles. The SMILES string of the molecule is O=C(Nc1ccc(C(O)C2COCC(=O)N2Cc2ccccc2F)cc1)c1cccc(F)c1. The third-order valence-corrected chi connectivity index (χ3v) is 5.49. The molecule has 0 radical (unpaired) electrons. The van der Waals surface area contributed by atoms with Gasteiger partial charge in [-0.05, 0) is 42.0 Å². The topological polar surface area (TPSA) is 78.9 Å². The monoisotopic (exact) mass is 452 g/mol. The van der Waals surface area contributed by atoms with Crippen LogP contribution in [0, 0.1) is 11.6 Å². The molecule has 2 atom stereocenters. The molecule has 2 amide bonds. The van der Waals surface area contributed by atoms with Gasteiger partial charge in [-0.1, -0.05) is 36.4 Å². The standard InChI is InChI=1S/C25H22F2N2O4/c26-19-6-3-5-17(12-19)25(32)28-20-10-8-16(9-11-20)24(31)22-14-33-15-23(30)29(22)13-18-4-1-2-7-21(18)27/h1-12,22,24,31H,13-15H2,(H,28,32). The van der Waals surface area contributed by atoms with Gasteiger partial charge in [0.2, 0.25) is 5.91 Å². The number of halogens is 2. The zero-order valence-corrected chi connectivity index (χ0v) is 17.6. The Balaban J connectivity index is 1.48. The Labute approximate surface area is 189 Å². The van der Waals surface area contributed by atoms with E-state index in [1.54, 1.807) is 42.5 Å². The molecule has 33 heavy (non-hydrogen) atoms. The number of benzene rings is 3. The first kappa shape index (κ1) is 22.6. The maximum atomic E-state index is 14.1. The van der Waals surface area contributed by atoms with Crippen molar-refractivity contribution in [2.45, 2.75) is 18.7 Å². The molecule has 0 spiro atoms. The number of aliphatic hydroxyl groups excluding tert-OH is 1. The third kappa shape index (κ3) is 5.24. The van der Waals surface area contributed by atoms with E-state index in [0.29, 0.717) is 16.8 Å². The lowest BCUT2D eigenvalue weighted by Gasteiger charge is -2.38. The van der Waals surface area contributed by atoms with Crippen molar-refractivity contribution >= 4 is 17.5 Å². The van der Waals surface area contributed by atoms with Crippen LogP contribution in [0.2, 0.25) is 0 Å². The summed E-state index contributed by atoms with van der Waals surface area (Å²) in [5.41, 5.74) is 1.49. The van der Waals surface area contributed by atoms with Crippen molar-refractivity contribution in [2.24, 2.45) is 0 Å². The fourth-order valence-corrected chi connectivity index (χ4v) is 3.72. The predicted molar refractivity (Wildman–Crippen MR) is 117 cm³/mol. The van der Waals surface area contributed by atoms with Crippen molar-refractivity contribution in [1.82, 2.24) is 4.90 Å². The minimum absolute atomic E-state index is 0.0123. The van der Waals surface area contributed by atoms with Gasteiger partial charge in [0.05, 0.1) is 12.6 Å². The van der Waals surface area contributed by atoms with E-state index in [9.17, 15) is 23.5 Å². The highest BCUT2D eigenvalue weighted by Gasteiger charge is 2.35. The van der Waals surface area contributed by atoms with E-state index < -0.39 is 29.7 Å². The van der Waals surface area contributed by atoms with Crippen LogP contribution in [0.5, 0.6) is 0 Å². The Morgan fingerprint density at radius 3 is 2.58 bits per heavy atom. The van der Waals surface area contributed by atoms with Gasteiger partial charge in [0.25, 0.3) is 5.91 Å². The first-order valence-electron chi connectivity index (χ1n) is 10.4. The van der Waals surface area contributed by atoms with Crippen molar-refractivity contribution in [3.8, 4) is 0 Å². The summed E-state index contributed by atoms with van der Waals surface area (Å²) in [5, 5.41) is 13.6. The van der Waals surface area contributed by atoms with Crippen LogP contribution in [-0.2, 0) is 16.1 Å². The maximum absolute atomic E-state index is 14.1. The lowest BCUT2D eigenvalue weighted by molar-refractivity contribution is -0.155. The van der Waals surface area contributed by atoms with Gasteiger partial charge in [-0.15, -0.1) is 0 Å². The number of rotatable bonds is 6. The lowest BCUT2D eigenvalue weighted by atomic mass is 9.99. The van der Waals surface area contributed by atoms with E-state index in [1.807, 2.05) is 0 Å². The first-order valence-corrected chi connectivity index (χ1v) is 10.4. The highest BCUT2D eigenvalue weighted by molar-refractivity contribution is 6.04. The zero-order chi connectivity index (χ0) is 23.4. The molecule has 6 nitrogen and oxygen atoms in total. The lowest BCUT2D eigenvalue weighted by Crippen LogP contribution is -2.51. The highest BCUT2D eigenvalue weighted by Crippen LogP contribution is 2.27. The van der Waals surface area contributed by atoms with Crippen LogP contribution in [-0.4, -0.2) is 41.1 Å². The van der Waals surface area contributed by atoms with E-state index in [4.69, 9.17) is 4.74 Å². The van der Waals surface area contributed by atoms with Crippen molar-refractivity contribution < 1.29 is 28.2 Å². The van der Waals surface area contributed by atoms with Gasteiger partial charge in [-0.25, -0.2) is 8.78 Å². The normalized spacial score (nSPS) is 17.0. The predicted octanol–water partition coefficient (Wildman–Crippen LogP) is 3.68. The van der Waals surface area contributed by atoms with Crippen LogP contribution in [0.15, 0.2) is 72.8 Å². The summed E-state index contributed by atoms with van der Waals surface area (Å²) in [6.07, 6.45) is -1.09. The summed E-state index contributed by atoms with van der Waals surface area (Å²) in [4.78, 5) is 26.2. The molecule has 2 unspecified atom stereocenters. The van der Waals surface area contributed by atoms with Crippen LogP contribution in [0.4, 0.5) is 14.5 Å². The molecule has 8 heteroatoms. The molecule has 2 N–H and O–H groups in total. The summed E-state index contributed by atoms with van der Waals surface area (Å²) in [6, 6.07) is 17.2. The van der Waals surface area contributed by atoms with Crippen LogP contribution < -0.4 is 5.32 Å². The molecule has 0 saturated carbocycles. The van der Waals surface area contributed by atoms with E-state index in [-0.39, 0.29) is 31.2 Å². The van der Waals surface area contributed by atoms with Gasteiger partial charge in [0.1, 0.15) is 24.3 Å². The molecular weight excluding hydrogens is 430 g/mol. The second-order valence-electron chi connectivity index (χ2n) is 7.73. The number of nitrogens with zero attached hydrogens (tertiary/aromatic N) is 1. The fourth-order valence-electron chi connectivity index (χ4n) is 3.72. The smallest absolute Gasteiger partial charge is 0.255 e. The maximum Gasteiger partial charge on any atom is 0.255 e. The molecule has 1 aliphatic heterocycles. The summed E-state index contributed by atoms with van der Waals surface area (Å²) in [5.74, 6) is -1.74. The van der Waals surface area contributed by atoms with E-state index in [2.05, 4.69) is 5.32 Å². The van der Waals surface area contributed by atoms with Crippen LogP contribution in [0.1, 0.15) is 27.6 Å². The number of ether oxygens (including phenoxy) is 1. The Kier molecular flexibility index (Phi) is 6.76. The minimum Gasteiger partial charge on any atom is -0.386 e. The number of aliphatic hydroxyl groups is 1. The molecule has 3 aromatic rings. The number of hydrogen-bond donors (Lipinski definition) is 2. The third-order valence-electron chi connectivity index (χ3n) is 5.49. The molecule has 0 aromatic heterocycles. The van der Waals surface area contributed by atoms with Crippen LogP contribution in [0.25, 0.3) is 0 Å². The van der Waals surface area contributed by atoms with Gasteiger partial charge < -0.3 is 20.1 Å². The molecule has 1 fully saturated rings. The van der Waals surface area contributed by atoms with Crippen molar-refractivity contribution in [1.29, 1.82) is 0 Å². The Hall–Kier alpha value is -3.62. The number of morpholine rings is 1. The fraction of sp³-hybridized carbons (Fsp3) is 0.200. The Bertz CT molecular complexity index is 1150. The van der Waals surface area contributed by atoms with Gasteiger partial charge >= 0.3 is 0 Å². The van der Waals surface area contributed by atoms with E-state index in [0.717, 1.165) is 6.07 Å². The summed E-state index contributed by atoms with van der Waals surface area (Å²) in [6.45, 7) is -0.0273. The Morgan fingerprint density at radius 2 is 1.85 bits per heavy atom. The molecule has 4 rings (SSSR count). The van der Waals surface area contributed by atoms with Crippen molar-refractivity contribution in [2.75, 3.05) is 18.5 Å². The summed E-state index contributed by atoms with van der Waals surface area (Å²) < 4.78 is 32.8. The quantitative estimate of drug-likeness (QED) is 0.598. The van der Waals surface area contributed by atoms with Gasteiger partial charge in [0, 0.05) is 23.4 Å². The van der Waals surface area contributed by atoms with E-state index >= 15 is 0 Å². The second kappa shape index (κ2) is 9.89. The molecule has 0 aliphatic carbocycles. The number of anilines is 1. The number of hydrogen-bond acceptors (Lipinski definition) is 4. The van der Waals surface area contributed by atoms with Crippen molar-refractivity contribution in [3.63, 3.8) is 0 Å². The number of nitrogens with one attached hydrogen (secondary N) is 1. The number of amides is 2. The molecule has 1 saturated heterocycles. The highest BCUT2D eigenvalue weighted by atomic mass is 19.1.